The number of halogens is 1. The van der Waals surface area contributed by atoms with E-state index >= 15 is 0 Å². The van der Waals surface area contributed by atoms with Crippen molar-refractivity contribution in [2.24, 2.45) is 5.10 Å². The number of nitrogens with zero attached hydrogens (tertiary/aromatic N) is 1. The Balaban J connectivity index is 1.84. The second-order valence-corrected chi connectivity index (χ2v) is 6.96. The fraction of sp³-hybridized carbons (Fsp3) is 0.190. The predicted octanol–water partition coefficient (Wildman–Crippen LogP) is 4.11. The van der Waals surface area contributed by atoms with Gasteiger partial charge >= 0.3 is 0 Å². The molecule has 2 N–H and O–H groups in total. The molecular weight excluding hydrogens is 422 g/mol. The molecule has 2 aromatic rings. The Bertz CT molecular complexity index is 910. The van der Waals surface area contributed by atoms with Crippen LogP contribution in [-0.4, -0.2) is 24.6 Å². The van der Waals surface area contributed by atoms with Crippen LogP contribution in [0.5, 0.6) is 5.75 Å². The van der Waals surface area contributed by atoms with Gasteiger partial charge in [-0.25, -0.2) is 5.43 Å². The van der Waals surface area contributed by atoms with Crippen LogP contribution in [0.25, 0.3) is 0 Å². The van der Waals surface area contributed by atoms with Crippen LogP contribution in [0.3, 0.4) is 0 Å². The van der Waals surface area contributed by atoms with E-state index < -0.39 is 11.8 Å². The van der Waals surface area contributed by atoms with Crippen molar-refractivity contribution in [2.75, 3.05) is 11.9 Å². The van der Waals surface area contributed by atoms with Gasteiger partial charge in [0.1, 0.15) is 18.8 Å². The molecule has 0 saturated heterocycles. The molecule has 0 aliphatic carbocycles. The number of carbonyl (C=O) groups excluding carboxylic acids is 2. The molecule has 0 bridgehead atoms. The normalized spacial score (nSPS) is 10.5. The van der Waals surface area contributed by atoms with Crippen molar-refractivity contribution in [1.82, 2.24) is 5.43 Å². The van der Waals surface area contributed by atoms with E-state index in [9.17, 15) is 9.59 Å². The molecule has 0 spiro atoms. The third-order valence-electron chi connectivity index (χ3n) is 3.83. The lowest BCUT2D eigenvalue weighted by molar-refractivity contribution is -0.126. The number of anilines is 1. The fourth-order valence-electron chi connectivity index (χ4n) is 2.25. The monoisotopic (exact) mass is 443 g/mol. The molecule has 2 aromatic carbocycles. The summed E-state index contributed by atoms with van der Waals surface area (Å²) in [7, 11) is 0. The standard InChI is InChI=1S/C21H22BrN3O3/c1-4-9-28-19-8-6-16(11-18(19)22)13-23-25-21(27)12-20(26)24-17-7-5-14(2)15(3)10-17/h4-8,10-11,13H,1,9,12H2,2-3H3,(H,24,26)(H,25,27). The molecule has 7 heteroatoms. The fourth-order valence-corrected chi connectivity index (χ4v) is 2.76. The van der Waals surface area contributed by atoms with E-state index in [2.05, 4.69) is 38.4 Å². The summed E-state index contributed by atoms with van der Waals surface area (Å²) >= 11 is 3.41. The first-order valence-electron chi connectivity index (χ1n) is 8.61. The van der Waals surface area contributed by atoms with Gasteiger partial charge in [0.15, 0.2) is 0 Å². The number of benzene rings is 2. The minimum atomic E-state index is -0.498. The maximum absolute atomic E-state index is 12.0. The summed E-state index contributed by atoms with van der Waals surface area (Å²) in [5.41, 5.74) is 5.97. The van der Waals surface area contributed by atoms with E-state index in [4.69, 9.17) is 4.74 Å². The Labute approximate surface area is 172 Å². The molecular formula is C21H22BrN3O3. The third kappa shape index (κ3) is 6.66. The van der Waals surface area contributed by atoms with Gasteiger partial charge in [0.05, 0.1) is 10.7 Å². The van der Waals surface area contributed by atoms with Crippen LogP contribution in [0.2, 0.25) is 0 Å². The number of hydrazone groups is 1. The van der Waals surface area contributed by atoms with Crippen molar-refractivity contribution >= 4 is 39.6 Å². The van der Waals surface area contributed by atoms with Crippen molar-refractivity contribution in [3.8, 4) is 5.75 Å². The Hall–Kier alpha value is -2.93. The minimum Gasteiger partial charge on any atom is -0.488 e. The highest BCUT2D eigenvalue weighted by Crippen LogP contribution is 2.25. The largest absolute Gasteiger partial charge is 0.488 e. The highest BCUT2D eigenvalue weighted by molar-refractivity contribution is 9.10. The number of hydrogen-bond acceptors (Lipinski definition) is 4. The molecule has 0 saturated carbocycles. The molecule has 2 amide bonds. The van der Waals surface area contributed by atoms with Gasteiger partial charge in [-0.1, -0.05) is 18.7 Å². The van der Waals surface area contributed by atoms with Crippen LogP contribution in [0.1, 0.15) is 23.1 Å². The Morgan fingerprint density at radius 3 is 2.61 bits per heavy atom. The number of rotatable bonds is 8. The summed E-state index contributed by atoms with van der Waals surface area (Å²) < 4.78 is 6.23. The highest BCUT2D eigenvalue weighted by Gasteiger charge is 2.09. The van der Waals surface area contributed by atoms with Gasteiger partial charge in [-0.2, -0.15) is 5.10 Å². The van der Waals surface area contributed by atoms with Crippen LogP contribution in [-0.2, 0) is 9.59 Å². The molecule has 2 rings (SSSR count). The average molecular weight is 444 g/mol. The number of ether oxygens (including phenoxy) is 1. The van der Waals surface area contributed by atoms with Crippen LogP contribution < -0.4 is 15.5 Å². The molecule has 6 nitrogen and oxygen atoms in total. The maximum Gasteiger partial charge on any atom is 0.249 e. The summed E-state index contributed by atoms with van der Waals surface area (Å²) in [6.07, 6.45) is 2.83. The van der Waals surface area contributed by atoms with Gasteiger partial charge in [0, 0.05) is 5.69 Å². The molecule has 146 valence electrons. The number of amides is 2. The van der Waals surface area contributed by atoms with E-state index in [1.165, 1.54) is 6.21 Å². The van der Waals surface area contributed by atoms with Gasteiger partial charge in [-0.05, 0) is 76.8 Å². The van der Waals surface area contributed by atoms with Crippen molar-refractivity contribution < 1.29 is 14.3 Å². The maximum atomic E-state index is 12.0. The van der Waals surface area contributed by atoms with Crippen molar-refractivity contribution in [2.45, 2.75) is 20.3 Å². The summed E-state index contributed by atoms with van der Waals surface area (Å²) in [4.78, 5) is 23.8. The lowest BCUT2D eigenvalue weighted by Gasteiger charge is -2.07. The Morgan fingerprint density at radius 1 is 1.14 bits per heavy atom. The second-order valence-electron chi connectivity index (χ2n) is 6.11. The summed E-state index contributed by atoms with van der Waals surface area (Å²) in [6.45, 7) is 7.96. The zero-order valence-electron chi connectivity index (χ0n) is 15.8. The molecule has 28 heavy (non-hydrogen) atoms. The lowest BCUT2D eigenvalue weighted by Crippen LogP contribution is -2.24. The quantitative estimate of drug-likeness (QED) is 0.278. The van der Waals surface area contributed by atoms with E-state index in [1.54, 1.807) is 30.3 Å². The summed E-state index contributed by atoms with van der Waals surface area (Å²) in [5.74, 6) is -0.214. The molecule has 0 fully saturated rings. The van der Waals surface area contributed by atoms with Crippen LogP contribution in [0.15, 0.2) is 58.6 Å². The highest BCUT2D eigenvalue weighted by atomic mass is 79.9. The smallest absolute Gasteiger partial charge is 0.249 e. The Morgan fingerprint density at radius 2 is 1.93 bits per heavy atom. The number of aryl methyl sites for hydroxylation is 2. The Kier molecular flexibility index (Phi) is 7.95. The molecule has 0 heterocycles. The first-order chi connectivity index (χ1) is 13.4. The van der Waals surface area contributed by atoms with E-state index in [0.29, 0.717) is 18.0 Å². The number of hydrogen-bond donors (Lipinski definition) is 2. The molecule has 0 aliphatic heterocycles. The van der Waals surface area contributed by atoms with E-state index in [-0.39, 0.29) is 6.42 Å². The van der Waals surface area contributed by atoms with Crippen molar-refractivity contribution in [1.29, 1.82) is 0 Å². The first-order valence-corrected chi connectivity index (χ1v) is 9.40. The van der Waals surface area contributed by atoms with Gasteiger partial charge in [-0.15, -0.1) is 0 Å². The van der Waals surface area contributed by atoms with Crippen LogP contribution >= 0.6 is 15.9 Å². The predicted molar refractivity (Wildman–Crippen MR) is 115 cm³/mol. The topological polar surface area (TPSA) is 79.8 Å². The van der Waals surface area contributed by atoms with Gasteiger partial charge < -0.3 is 10.1 Å². The SMILES string of the molecule is C=CCOc1ccc(C=NNC(=O)CC(=O)Nc2ccc(C)c(C)c2)cc1Br. The van der Waals surface area contributed by atoms with Crippen molar-refractivity contribution in [3.63, 3.8) is 0 Å². The van der Waals surface area contributed by atoms with Gasteiger partial charge in [0.25, 0.3) is 0 Å². The summed E-state index contributed by atoms with van der Waals surface area (Å²) in [6, 6.07) is 11.0. The van der Waals surface area contributed by atoms with E-state index in [0.717, 1.165) is 21.2 Å². The molecule has 0 radical (unpaired) electrons. The number of carbonyl (C=O) groups is 2. The second kappa shape index (κ2) is 10.4. The van der Waals surface area contributed by atoms with Crippen molar-refractivity contribution in [3.05, 3.63) is 70.2 Å². The van der Waals surface area contributed by atoms with Crippen LogP contribution in [0, 0.1) is 13.8 Å². The van der Waals surface area contributed by atoms with Crippen LogP contribution in [0.4, 0.5) is 5.69 Å². The minimum absolute atomic E-state index is 0.317. The van der Waals surface area contributed by atoms with E-state index in [1.807, 2.05) is 26.0 Å². The number of nitrogens with one attached hydrogen (secondary N) is 2. The average Bonchev–Trinajstić information content (AvgIpc) is 2.64. The first kappa shape index (κ1) is 21.4. The summed E-state index contributed by atoms with van der Waals surface area (Å²) in [5, 5.41) is 6.58. The molecule has 0 atom stereocenters. The molecule has 0 aliphatic rings. The zero-order valence-corrected chi connectivity index (χ0v) is 17.4. The van der Waals surface area contributed by atoms with Gasteiger partial charge in [-0.3, -0.25) is 9.59 Å². The zero-order chi connectivity index (χ0) is 20.5. The third-order valence-corrected chi connectivity index (χ3v) is 4.45. The lowest BCUT2D eigenvalue weighted by atomic mass is 10.1. The molecule has 0 aromatic heterocycles. The van der Waals surface area contributed by atoms with Gasteiger partial charge in [0.2, 0.25) is 11.8 Å². The molecule has 0 unspecified atom stereocenters.